The zero-order valence-corrected chi connectivity index (χ0v) is 16.4. The molecule has 0 radical (unpaired) electrons. The van der Waals surface area contributed by atoms with Crippen LogP contribution in [-0.2, 0) is 6.54 Å². The predicted octanol–water partition coefficient (Wildman–Crippen LogP) is 3.81. The van der Waals surface area contributed by atoms with Gasteiger partial charge in [-0.2, -0.15) is 5.26 Å². The second kappa shape index (κ2) is 12.1. The summed E-state index contributed by atoms with van der Waals surface area (Å²) in [5, 5.41) is 15.3. The Labute approximate surface area is 155 Å². The van der Waals surface area contributed by atoms with E-state index in [9.17, 15) is 4.39 Å². The summed E-state index contributed by atoms with van der Waals surface area (Å²) in [4.78, 5) is 4.41. The van der Waals surface area contributed by atoms with Crippen molar-refractivity contribution in [3.8, 4) is 6.07 Å². The second-order valence-corrected chi connectivity index (χ2v) is 5.18. The molecule has 0 fully saturated rings. The van der Waals surface area contributed by atoms with Crippen LogP contribution in [0.4, 0.5) is 4.39 Å². The molecule has 0 aliphatic rings. The lowest BCUT2D eigenvalue weighted by Gasteiger charge is -2.16. The Bertz CT molecular complexity index is 536. The van der Waals surface area contributed by atoms with Crippen LogP contribution < -0.4 is 10.6 Å². The van der Waals surface area contributed by atoms with E-state index in [1.54, 1.807) is 6.07 Å². The molecule has 1 aromatic rings. The number of guanidine groups is 1. The maximum atomic E-state index is 13.7. The van der Waals surface area contributed by atoms with E-state index in [2.05, 4.69) is 29.5 Å². The molecule has 23 heavy (non-hydrogen) atoms. The molecule has 0 aliphatic carbocycles. The van der Waals surface area contributed by atoms with E-state index >= 15 is 0 Å². The zero-order valence-electron chi connectivity index (χ0n) is 14.0. The smallest absolute Gasteiger partial charge is 0.191 e. The van der Waals surface area contributed by atoms with Crippen molar-refractivity contribution in [3.63, 3.8) is 0 Å². The van der Waals surface area contributed by atoms with Gasteiger partial charge < -0.3 is 10.6 Å². The maximum Gasteiger partial charge on any atom is 0.191 e. The first-order valence-corrected chi connectivity index (χ1v) is 7.85. The Morgan fingerprint density at radius 3 is 2.52 bits per heavy atom. The van der Waals surface area contributed by atoms with Crippen LogP contribution in [0.2, 0.25) is 0 Å². The average molecular weight is 432 g/mol. The molecule has 0 heterocycles. The summed E-state index contributed by atoms with van der Waals surface area (Å²) in [5.74, 6) is 0.942. The molecule has 0 saturated carbocycles. The Hall–Kier alpha value is -1.36. The number of nitrogens with zero attached hydrogens (tertiary/aromatic N) is 2. The Kier molecular flexibility index (Phi) is 11.4. The van der Waals surface area contributed by atoms with E-state index in [0.29, 0.717) is 23.0 Å². The van der Waals surface area contributed by atoms with Gasteiger partial charge >= 0.3 is 0 Å². The van der Waals surface area contributed by atoms with Crippen LogP contribution in [0, 0.1) is 23.1 Å². The molecule has 0 saturated heterocycles. The molecule has 2 N–H and O–H groups in total. The first-order valence-electron chi connectivity index (χ1n) is 7.85. The van der Waals surface area contributed by atoms with E-state index in [1.165, 1.54) is 12.1 Å². The van der Waals surface area contributed by atoms with Crippen LogP contribution in [0.3, 0.4) is 0 Å². The lowest BCUT2D eigenvalue weighted by molar-refractivity contribution is 0.481. The second-order valence-electron chi connectivity index (χ2n) is 5.18. The van der Waals surface area contributed by atoms with Gasteiger partial charge in [0.25, 0.3) is 0 Å². The highest BCUT2D eigenvalue weighted by atomic mass is 127. The lowest BCUT2D eigenvalue weighted by Crippen LogP contribution is -2.39. The molecule has 1 rings (SSSR count). The van der Waals surface area contributed by atoms with Crippen molar-refractivity contribution in [3.05, 3.63) is 35.1 Å². The highest BCUT2D eigenvalue weighted by Crippen LogP contribution is 2.11. The van der Waals surface area contributed by atoms with Crippen LogP contribution in [0.1, 0.15) is 44.7 Å². The van der Waals surface area contributed by atoms with Crippen molar-refractivity contribution in [2.24, 2.45) is 10.9 Å². The standard InChI is InChI=1S/C17H25FN4.HI/c1-4-13(5-2)11-21-17(20-6-3)22-12-15-9-14(10-19)7-8-16(15)18;/h7-9,13H,4-6,11-12H2,1-3H3,(H2,20,21,22);1H. The van der Waals surface area contributed by atoms with Crippen LogP contribution in [0.15, 0.2) is 23.2 Å². The number of hydrogen-bond donors (Lipinski definition) is 2. The van der Waals surface area contributed by atoms with Crippen LogP contribution in [0.5, 0.6) is 0 Å². The molecule has 0 spiro atoms. The Morgan fingerprint density at radius 1 is 1.26 bits per heavy atom. The van der Waals surface area contributed by atoms with Crippen molar-refractivity contribution in [1.29, 1.82) is 5.26 Å². The normalized spacial score (nSPS) is 10.9. The quantitative estimate of drug-likeness (QED) is 0.392. The van der Waals surface area contributed by atoms with Crippen molar-refractivity contribution >= 4 is 29.9 Å². The van der Waals surface area contributed by atoms with Crippen molar-refractivity contribution in [1.82, 2.24) is 10.6 Å². The van der Waals surface area contributed by atoms with Gasteiger partial charge in [-0.15, -0.1) is 24.0 Å². The Balaban J connectivity index is 0.00000484. The number of nitrogens with one attached hydrogen (secondary N) is 2. The fourth-order valence-electron chi connectivity index (χ4n) is 2.09. The van der Waals surface area contributed by atoms with Gasteiger partial charge in [-0.05, 0) is 31.0 Å². The molecule has 0 aromatic heterocycles. The van der Waals surface area contributed by atoms with Gasteiger partial charge in [0.15, 0.2) is 5.96 Å². The highest BCUT2D eigenvalue weighted by Gasteiger charge is 2.06. The molecule has 0 unspecified atom stereocenters. The third-order valence-corrected chi connectivity index (χ3v) is 3.64. The summed E-state index contributed by atoms with van der Waals surface area (Å²) in [7, 11) is 0. The number of nitriles is 1. The summed E-state index contributed by atoms with van der Waals surface area (Å²) in [5.41, 5.74) is 0.875. The molecule has 4 nitrogen and oxygen atoms in total. The third-order valence-electron chi connectivity index (χ3n) is 3.64. The summed E-state index contributed by atoms with van der Waals surface area (Å²) < 4.78 is 13.7. The molecule has 6 heteroatoms. The number of aliphatic imine (C=N–C) groups is 1. The number of benzene rings is 1. The highest BCUT2D eigenvalue weighted by molar-refractivity contribution is 14.0. The van der Waals surface area contributed by atoms with Gasteiger partial charge in [0.2, 0.25) is 0 Å². The van der Waals surface area contributed by atoms with Gasteiger partial charge in [-0.25, -0.2) is 9.38 Å². The number of halogens is 2. The van der Waals surface area contributed by atoms with Crippen LogP contribution >= 0.6 is 24.0 Å². The van der Waals surface area contributed by atoms with E-state index in [4.69, 9.17) is 5.26 Å². The van der Waals surface area contributed by atoms with Gasteiger partial charge in [0.1, 0.15) is 5.82 Å². The maximum absolute atomic E-state index is 13.7. The fourth-order valence-corrected chi connectivity index (χ4v) is 2.09. The monoisotopic (exact) mass is 432 g/mol. The predicted molar refractivity (Wildman–Crippen MR) is 103 cm³/mol. The number of hydrogen-bond acceptors (Lipinski definition) is 2. The van der Waals surface area contributed by atoms with Crippen molar-refractivity contribution in [2.75, 3.05) is 13.1 Å². The molecule has 1 aromatic carbocycles. The largest absolute Gasteiger partial charge is 0.357 e. The van der Waals surface area contributed by atoms with E-state index < -0.39 is 0 Å². The van der Waals surface area contributed by atoms with Crippen molar-refractivity contribution < 1.29 is 4.39 Å². The molecular formula is C17H26FIN4. The van der Waals surface area contributed by atoms with E-state index in [1.807, 2.05) is 13.0 Å². The Morgan fingerprint density at radius 2 is 1.96 bits per heavy atom. The van der Waals surface area contributed by atoms with E-state index in [0.717, 1.165) is 25.9 Å². The van der Waals surface area contributed by atoms with E-state index in [-0.39, 0.29) is 36.3 Å². The minimum Gasteiger partial charge on any atom is -0.357 e. The van der Waals surface area contributed by atoms with Gasteiger partial charge in [-0.1, -0.05) is 26.7 Å². The summed E-state index contributed by atoms with van der Waals surface area (Å²) in [6.07, 6.45) is 2.23. The van der Waals surface area contributed by atoms with Crippen LogP contribution in [0.25, 0.3) is 0 Å². The topological polar surface area (TPSA) is 60.2 Å². The first-order chi connectivity index (χ1) is 10.6. The molecule has 0 aliphatic heterocycles. The van der Waals surface area contributed by atoms with Crippen molar-refractivity contribution in [2.45, 2.75) is 40.2 Å². The first kappa shape index (κ1) is 21.6. The molecule has 0 bridgehead atoms. The SMILES string of the molecule is CCNC(=NCc1cc(C#N)ccc1F)NCC(CC)CC.I. The molecule has 0 amide bonds. The summed E-state index contributed by atoms with van der Waals surface area (Å²) >= 11 is 0. The van der Waals surface area contributed by atoms with Gasteiger partial charge in [0.05, 0.1) is 18.2 Å². The summed E-state index contributed by atoms with van der Waals surface area (Å²) in [6.45, 7) is 8.13. The fraction of sp³-hybridized carbons (Fsp3) is 0.529. The lowest BCUT2D eigenvalue weighted by atomic mass is 10.0. The van der Waals surface area contributed by atoms with Crippen LogP contribution in [-0.4, -0.2) is 19.0 Å². The average Bonchev–Trinajstić information content (AvgIpc) is 2.54. The third kappa shape index (κ3) is 7.64. The molecular weight excluding hydrogens is 406 g/mol. The molecule has 0 atom stereocenters. The number of rotatable bonds is 7. The molecule has 128 valence electrons. The van der Waals surface area contributed by atoms with Gasteiger partial charge in [0, 0.05) is 18.7 Å². The minimum atomic E-state index is -0.335. The van der Waals surface area contributed by atoms with Gasteiger partial charge in [-0.3, -0.25) is 0 Å². The zero-order chi connectivity index (χ0) is 16.4. The minimum absolute atomic E-state index is 0. The summed E-state index contributed by atoms with van der Waals surface area (Å²) in [6, 6.07) is 6.35.